The van der Waals surface area contributed by atoms with Crippen LogP contribution < -0.4 is 0 Å². The van der Waals surface area contributed by atoms with Crippen LogP contribution in [0.1, 0.15) is 22.7 Å². The smallest absolute Gasteiger partial charge is 0.276 e. The molecule has 98 valence electrons. The SMILES string of the molecule is CO[C@@H]1CSC2(C1)CN(C(=O)c1cc(C)on1)C2. The monoisotopic (exact) mass is 268 g/mol. The van der Waals surface area contributed by atoms with E-state index in [0.29, 0.717) is 17.6 Å². The summed E-state index contributed by atoms with van der Waals surface area (Å²) >= 11 is 1.92. The average molecular weight is 268 g/mol. The molecule has 6 heteroatoms. The molecule has 0 saturated carbocycles. The van der Waals surface area contributed by atoms with Crippen molar-refractivity contribution in [2.75, 3.05) is 26.0 Å². The number of carbonyl (C=O) groups is 1. The summed E-state index contributed by atoms with van der Waals surface area (Å²) in [5.41, 5.74) is 0.411. The maximum absolute atomic E-state index is 12.1. The number of carbonyl (C=O) groups excluding carboxylic acids is 1. The van der Waals surface area contributed by atoms with Crippen LogP contribution in [-0.4, -0.2) is 52.8 Å². The summed E-state index contributed by atoms with van der Waals surface area (Å²) < 4.78 is 10.5. The van der Waals surface area contributed by atoms with Crippen molar-refractivity contribution in [3.63, 3.8) is 0 Å². The van der Waals surface area contributed by atoms with Gasteiger partial charge in [-0.25, -0.2) is 0 Å². The number of amides is 1. The summed E-state index contributed by atoms with van der Waals surface area (Å²) in [6, 6.07) is 1.69. The highest BCUT2D eigenvalue weighted by molar-refractivity contribution is 8.01. The van der Waals surface area contributed by atoms with Gasteiger partial charge in [0, 0.05) is 32.0 Å². The van der Waals surface area contributed by atoms with Gasteiger partial charge in [-0.3, -0.25) is 4.79 Å². The highest BCUT2D eigenvalue weighted by Crippen LogP contribution is 2.46. The molecule has 2 aliphatic heterocycles. The molecular weight excluding hydrogens is 252 g/mol. The van der Waals surface area contributed by atoms with E-state index in [-0.39, 0.29) is 10.7 Å². The molecule has 0 bridgehead atoms. The predicted molar refractivity (Wildman–Crippen MR) is 67.7 cm³/mol. The lowest BCUT2D eigenvalue weighted by Gasteiger charge is -2.47. The second-order valence-electron chi connectivity index (χ2n) is 5.04. The topological polar surface area (TPSA) is 55.6 Å². The third kappa shape index (κ3) is 1.93. The van der Waals surface area contributed by atoms with E-state index in [1.165, 1.54) is 0 Å². The summed E-state index contributed by atoms with van der Waals surface area (Å²) in [7, 11) is 1.75. The van der Waals surface area contributed by atoms with Crippen LogP contribution in [0.15, 0.2) is 10.6 Å². The molecule has 1 aromatic rings. The molecular formula is C12H16N2O3S. The lowest BCUT2D eigenvalue weighted by molar-refractivity contribution is 0.0443. The fourth-order valence-corrected chi connectivity index (χ4v) is 4.19. The molecule has 1 amide bonds. The first-order chi connectivity index (χ1) is 8.62. The summed E-state index contributed by atoms with van der Waals surface area (Å²) in [5, 5.41) is 3.77. The van der Waals surface area contributed by atoms with E-state index < -0.39 is 0 Å². The number of methoxy groups -OCH3 is 1. The lowest BCUT2D eigenvalue weighted by Crippen LogP contribution is -2.60. The van der Waals surface area contributed by atoms with Crippen molar-refractivity contribution >= 4 is 17.7 Å². The Morgan fingerprint density at radius 3 is 3.00 bits per heavy atom. The van der Waals surface area contributed by atoms with Crippen molar-refractivity contribution in [1.82, 2.24) is 10.1 Å². The molecule has 1 spiro atoms. The number of aryl methyl sites for hydroxylation is 1. The molecule has 0 aromatic carbocycles. The van der Waals surface area contributed by atoms with Crippen molar-refractivity contribution < 1.29 is 14.1 Å². The van der Waals surface area contributed by atoms with Crippen molar-refractivity contribution in [3.8, 4) is 0 Å². The molecule has 2 saturated heterocycles. The van der Waals surface area contributed by atoms with Gasteiger partial charge in [0.05, 0.1) is 10.9 Å². The molecule has 5 nitrogen and oxygen atoms in total. The number of hydrogen-bond donors (Lipinski definition) is 0. The van der Waals surface area contributed by atoms with Gasteiger partial charge in [0.1, 0.15) is 5.76 Å². The number of hydrogen-bond acceptors (Lipinski definition) is 5. The van der Waals surface area contributed by atoms with Gasteiger partial charge in [-0.15, -0.1) is 11.8 Å². The second-order valence-corrected chi connectivity index (χ2v) is 6.53. The van der Waals surface area contributed by atoms with Crippen molar-refractivity contribution in [2.24, 2.45) is 0 Å². The molecule has 0 N–H and O–H groups in total. The standard InChI is InChI=1S/C12H16N2O3S/c1-8-3-10(13-17-8)11(15)14-6-12(7-14)4-9(16-2)5-18-12/h3,9H,4-7H2,1-2H3/t9-/m0/s1. The van der Waals surface area contributed by atoms with Gasteiger partial charge in [0.2, 0.25) is 0 Å². The summed E-state index contributed by atoms with van der Waals surface area (Å²) in [5.74, 6) is 1.67. The quantitative estimate of drug-likeness (QED) is 0.810. The minimum absolute atomic E-state index is 0.0288. The van der Waals surface area contributed by atoms with Gasteiger partial charge < -0.3 is 14.2 Å². The van der Waals surface area contributed by atoms with Gasteiger partial charge in [0.25, 0.3) is 5.91 Å². The Bertz CT molecular complexity index is 468. The van der Waals surface area contributed by atoms with Crippen LogP contribution in [-0.2, 0) is 4.74 Å². The first-order valence-corrected chi connectivity index (χ1v) is 7.00. The predicted octanol–water partition coefficient (Wildman–Crippen LogP) is 1.33. The fraction of sp³-hybridized carbons (Fsp3) is 0.667. The maximum Gasteiger partial charge on any atom is 0.276 e. The molecule has 0 aliphatic carbocycles. The molecule has 0 radical (unpaired) electrons. The molecule has 3 heterocycles. The van der Waals surface area contributed by atoms with Gasteiger partial charge in [-0.1, -0.05) is 5.16 Å². The molecule has 2 aliphatic rings. The minimum Gasteiger partial charge on any atom is -0.381 e. The van der Waals surface area contributed by atoms with E-state index in [0.717, 1.165) is 25.3 Å². The van der Waals surface area contributed by atoms with Gasteiger partial charge in [-0.05, 0) is 13.3 Å². The number of thioether (sulfide) groups is 1. The third-order valence-corrected chi connectivity index (χ3v) is 5.18. The van der Waals surface area contributed by atoms with E-state index in [4.69, 9.17) is 9.26 Å². The Labute approximate surface area is 110 Å². The van der Waals surface area contributed by atoms with E-state index in [1.807, 2.05) is 16.7 Å². The summed E-state index contributed by atoms with van der Waals surface area (Å²) in [4.78, 5) is 13.9. The van der Waals surface area contributed by atoms with Crippen molar-refractivity contribution in [2.45, 2.75) is 24.2 Å². The lowest BCUT2D eigenvalue weighted by atomic mass is 9.92. The van der Waals surface area contributed by atoms with Crippen molar-refractivity contribution in [1.29, 1.82) is 0 Å². The van der Waals surface area contributed by atoms with E-state index in [1.54, 1.807) is 20.1 Å². The van der Waals surface area contributed by atoms with E-state index in [9.17, 15) is 4.79 Å². The van der Waals surface area contributed by atoms with E-state index in [2.05, 4.69) is 5.16 Å². The molecule has 3 rings (SSSR count). The first-order valence-electron chi connectivity index (χ1n) is 6.01. The third-order valence-electron chi connectivity index (χ3n) is 3.60. The van der Waals surface area contributed by atoms with Crippen LogP contribution in [0, 0.1) is 6.92 Å². The Balaban J connectivity index is 1.61. The zero-order chi connectivity index (χ0) is 12.8. The van der Waals surface area contributed by atoms with Crippen LogP contribution in [0.25, 0.3) is 0 Å². The minimum atomic E-state index is -0.0288. The zero-order valence-electron chi connectivity index (χ0n) is 10.5. The van der Waals surface area contributed by atoms with Gasteiger partial charge in [0.15, 0.2) is 5.69 Å². The van der Waals surface area contributed by atoms with Crippen molar-refractivity contribution in [3.05, 3.63) is 17.5 Å². The fourth-order valence-electron chi connectivity index (χ4n) is 2.60. The Hall–Kier alpha value is -1.01. The van der Waals surface area contributed by atoms with Gasteiger partial charge in [-0.2, -0.15) is 0 Å². The number of aromatic nitrogens is 1. The normalized spacial score (nSPS) is 25.4. The number of likely N-dealkylation sites (tertiary alicyclic amines) is 1. The first kappa shape index (κ1) is 12.0. The maximum atomic E-state index is 12.1. The second kappa shape index (κ2) is 4.28. The van der Waals surface area contributed by atoms with Crippen LogP contribution in [0.3, 0.4) is 0 Å². The van der Waals surface area contributed by atoms with E-state index >= 15 is 0 Å². The molecule has 18 heavy (non-hydrogen) atoms. The van der Waals surface area contributed by atoms with Gasteiger partial charge >= 0.3 is 0 Å². The molecule has 1 aromatic heterocycles. The number of ether oxygens (including phenoxy) is 1. The average Bonchev–Trinajstić information content (AvgIpc) is 2.92. The summed E-state index contributed by atoms with van der Waals surface area (Å²) in [6.07, 6.45) is 1.37. The largest absolute Gasteiger partial charge is 0.381 e. The molecule has 0 unspecified atom stereocenters. The summed E-state index contributed by atoms with van der Waals surface area (Å²) in [6.45, 7) is 3.38. The Kier molecular flexibility index (Phi) is 2.86. The van der Waals surface area contributed by atoms with Crippen LogP contribution in [0.2, 0.25) is 0 Å². The highest BCUT2D eigenvalue weighted by atomic mass is 32.2. The van der Waals surface area contributed by atoms with Crippen LogP contribution in [0.5, 0.6) is 0 Å². The number of nitrogens with zero attached hydrogens (tertiary/aromatic N) is 2. The number of rotatable bonds is 2. The molecule has 1 atom stereocenters. The highest BCUT2D eigenvalue weighted by Gasteiger charge is 2.51. The Morgan fingerprint density at radius 2 is 2.44 bits per heavy atom. The molecule has 2 fully saturated rings. The van der Waals surface area contributed by atoms with Crippen LogP contribution >= 0.6 is 11.8 Å². The zero-order valence-corrected chi connectivity index (χ0v) is 11.3. The Morgan fingerprint density at radius 1 is 1.67 bits per heavy atom. The van der Waals surface area contributed by atoms with Crippen LogP contribution in [0.4, 0.5) is 0 Å².